The van der Waals surface area contributed by atoms with E-state index in [0.717, 1.165) is 89.9 Å². The number of phosphoric ester groups is 1. The van der Waals surface area contributed by atoms with Gasteiger partial charge in [0.25, 0.3) is 0 Å². The van der Waals surface area contributed by atoms with Crippen molar-refractivity contribution in [1.82, 2.24) is 5.32 Å². The highest BCUT2D eigenvalue weighted by Gasteiger charge is 2.30. The molecule has 0 radical (unpaired) electrons. The summed E-state index contributed by atoms with van der Waals surface area (Å²) in [6.07, 6.45) is 53.9. The molecule has 0 aliphatic rings. The first-order chi connectivity index (χ1) is 31.4. The molecule has 0 aliphatic heterocycles. The first-order valence-electron chi connectivity index (χ1n) is 27.0. The molecule has 0 rings (SSSR count). The van der Waals surface area contributed by atoms with Crippen LogP contribution >= 0.6 is 7.82 Å². The van der Waals surface area contributed by atoms with Gasteiger partial charge in [-0.25, -0.2) is 4.57 Å². The van der Waals surface area contributed by atoms with E-state index in [1.54, 1.807) is 0 Å². The molecule has 0 aromatic carbocycles. The Balaban J connectivity index is 5.41. The lowest BCUT2D eigenvalue weighted by atomic mass is 10.0. The number of nitrogens with one attached hydrogen (secondary N) is 1. The fourth-order valence-electron chi connectivity index (χ4n) is 7.60. The number of carbonyl (C=O) groups excluding carboxylic acids is 2. The second-order valence-corrected chi connectivity index (χ2v) is 20.8. The maximum atomic E-state index is 13.4. The van der Waals surface area contributed by atoms with Crippen LogP contribution in [0.1, 0.15) is 239 Å². The third kappa shape index (κ3) is 46.9. The molecule has 0 bridgehead atoms. The maximum Gasteiger partial charge on any atom is 0.472 e. The average Bonchev–Trinajstić information content (AvgIpc) is 3.26. The lowest BCUT2D eigenvalue weighted by Gasteiger charge is -2.27. The number of likely N-dealkylation sites (N-methyl/N-ethyl adjacent to an activating group) is 1. The lowest BCUT2D eigenvalue weighted by Crippen LogP contribution is -2.47. The van der Waals surface area contributed by atoms with Crippen LogP contribution in [0.4, 0.5) is 0 Å². The Morgan fingerprint density at radius 3 is 1.48 bits per heavy atom. The highest BCUT2D eigenvalue weighted by molar-refractivity contribution is 7.47. The average molecular weight is 936 g/mol. The summed E-state index contributed by atoms with van der Waals surface area (Å²) >= 11 is 0. The summed E-state index contributed by atoms with van der Waals surface area (Å²) in [4.78, 5) is 37.4. The van der Waals surface area contributed by atoms with Gasteiger partial charge >= 0.3 is 13.8 Å². The van der Waals surface area contributed by atoms with Crippen molar-refractivity contribution < 1.29 is 37.3 Å². The van der Waals surface area contributed by atoms with Crippen LogP contribution in [0.2, 0.25) is 0 Å². The molecule has 65 heavy (non-hydrogen) atoms. The first-order valence-corrected chi connectivity index (χ1v) is 28.5. The quantitative estimate of drug-likeness (QED) is 0.0205. The molecule has 0 heterocycles. The normalized spacial score (nSPS) is 14.3. The van der Waals surface area contributed by atoms with Crippen LogP contribution in [0.25, 0.3) is 0 Å². The van der Waals surface area contributed by atoms with Gasteiger partial charge in [0.2, 0.25) is 5.91 Å². The molecule has 3 atom stereocenters. The predicted octanol–water partition coefficient (Wildman–Crippen LogP) is 15.8. The minimum Gasteiger partial charge on any atom is -0.456 e. The number of hydrogen-bond donors (Lipinski definition) is 2. The molecule has 0 saturated heterocycles. The molecule has 0 saturated carbocycles. The van der Waals surface area contributed by atoms with Crippen LogP contribution in [0.5, 0.6) is 0 Å². The number of carbonyl (C=O) groups is 2. The second kappa shape index (κ2) is 45.7. The summed E-state index contributed by atoms with van der Waals surface area (Å²) < 4.78 is 30.5. The number of allylic oxidation sites excluding steroid dienone is 7. The summed E-state index contributed by atoms with van der Waals surface area (Å²) in [5.41, 5.74) is 0. The smallest absolute Gasteiger partial charge is 0.456 e. The monoisotopic (exact) mass is 936 g/mol. The van der Waals surface area contributed by atoms with E-state index < -0.39 is 20.0 Å². The van der Waals surface area contributed by atoms with Gasteiger partial charge in [0.1, 0.15) is 19.3 Å². The standard InChI is InChI=1S/C55H103N2O7P/c1-7-10-13-16-19-22-25-27-29-32-35-38-41-44-47-54(58)56-52(51-63-65(60,61)62-50-49-57(4,5)6)53(46-43-40-37-34-31-24-21-18-15-12-9-3)64-55(59)48-45-42-39-36-33-30-28-26-23-20-17-14-11-8-2/h10,13,19,22,27,29,43,46,52-53H,7-9,11-12,14-18,20-21,23-26,28,30-42,44-45,47-51H2,1-6H3,(H-,56,58,60,61)/p+1/b13-10+,22-19+,29-27+,46-43+. The number of quaternary nitrogens is 1. The van der Waals surface area contributed by atoms with Crippen LogP contribution in [0.15, 0.2) is 48.6 Å². The van der Waals surface area contributed by atoms with Gasteiger partial charge in [-0.3, -0.25) is 18.6 Å². The number of nitrogens with zero attached hydrogens (tertiary/aromatic N) is 1. The molecule has 380 valence electrons. The zero-order valence-corrected chi connectivity index (χ0v) is 44.1. The Hall–Kier alpha value is -2.03. The van der Waals surface area contributed by atoms with E-state index in [4.69, 9.17) is 13.8 Å². The topological polar surface area (TPSA) is 111 Å². The van der Waals surface area contributed by atoms with Gasteiger partial charge in [-0.05, 0) is 63.9 Å². The van der Waals surface area contributed by atoms with Crippen molar-refractivity contribution in [1.29, 1.82) is 0 Å². The molecule has 0 aromatic heterocycles. The molecule has 10 heteroatoms. The molecule has 2 N–H and O–H groups in total. The van der Waals surface area contributed by atoms with Crippen molar-refractivity contribution in [3.8, 4) is 0 Å². The van der Waals surface area contributed by atoms with E-state index in [0.29, 0.717) is 17.4 Å². The SMILES string of the molecule is CC/C=C/C/C=C/C/C=C/CCCCCCC(=O)NC(COP(=O)(O)OCC[N+](C)(C)C)C(/C=C/CCCCCCCCCCC)OC(=O)CCCCCCCCCCCCCCCC. The molecule has 0 fully saturated rings. The Bertz CT molecular complexity index is 1260. The maximum absolute atomic E-state index is 13.4. The predicted molar refractivity (Wildman–Crippen MR) is 277 cm³/mol. The van der Waals surface area contributed by atoms with Gasteiger partial charge in [-0.1, -0.05) is 211 Å². The lowest BCUT2D eigenvalue weighted by molar-refractivity contribution is -0.870. The zero-order chi connectivity index (χ0) is 48.0. The molecule has 9 nitrogen and oxygen atoms in total. The van der Waals surface area contributed by atoms with E-state index in [9.17, 15) is 19.0 Å². The zero-order valence-electron chi connectivity index (χ0n) is 43.2. The van der Waals surface area contributed by atoms with Crippen molar-refractivity contribution in [2.45, 2.75) is 251 Å². The Kier molecular flexibility index (Phi) is 44.3. The van der Waals surface area contributed by atoms with E-state index in [2.05, 4.69) is 62.5 Å². The van der Waals surface area contributed by atoms with Crippen molar-refractivity contribution in [2.24, 2.45) is 0 Å². The van der Waals surface area contributed by atoms with Gasteiger partial charge < -0.3 is 19.4 Å². The Labute approximate surface area is 401 Å². The third-order valence-electron chi connectivity index (χ3n) is 11.8. The Morgan fingerprint density at radius 1 is 0.554 bits per heavy atom. The van der Waals surface area contributed by atoms with Crippen molar-refractivity contribution in [3.05, 3.63) is 48.6 Å². The van der Waals surface area contributed by atoms with Crippen LogP contribution in [0, 0.1) is 0 Å². The summed E-state index contributed by atoms with van der Waals surface area (Å²) in [5.74, 6) is -0.528. The van der Waals surface area contributed by atoms with Gasteiger partial charge in [-0.15, -0.1) is 0 Å². The number of phosphoric acid groups is 1. The first kappa shape index (κ1) is 63.0. The van der Waals surface area contributed by atoms with Gasteiger partial charge in [-0.2, -0.15) is 0 Å². The van der Waals surface area contributed by atoms with Crippen LogP contribution in [-0.2, 0) is 27.9 Å². The number of esters is 1. The van der Waals surface area contributed by atoms with E-state index >= 15 is 0 Å². The summed E-state index contributed by atoms with van der Waals surface area (Å²) in [6.45, 7) is 6.87. The number of hydrogen-bond acceptors (Lipinski definition) is 6. The highest BCUT2D eigenvalue weighted by atomic mass is 31.2. The summed E-state index contributed by atoms with van der Waals surface area (Å²) in [5, 5.41) is 3.03. The molecule has 0 aromatic rings. The summed E-state index contributed by atoms with van der Waals surface area (Å²) in [7, 11) is 1.48. The molecule has 3 unspecified atom stereocenters. The minimum atomic E-state index is -4.44. The molecular weight excluding hydrogens is 832 g/mol. The number of unbranched alkanes of at least 4 members (excludes halogenated alkanes) is 26. The second-order valence-electron chi connectivity index (χ2n) is 19.4. The van der Waals surface area contributed by atoms with Crippen LogP contribution < -0.4 is 5.32 Å². The number of amides is 1. The van der Waals surface area contributed by atoms with E-state index in [-0.39, 0.29) is 31.5 Å². The van der Waals surface area contributed by atoms with E-state index in [1.807, 2.05) is 33.3 Å². The fourth-order valence-corrected chi connectivity index (χ4v) is 8.34. The van der Waals surface area contributed by atoms with Crippen molar-refractivity contribution in [2.75, 3.05) is 40.9 Å². The fraction of sp³-hybridized carbons (Fsp3) is 0.818. The highest BCUT2D eigenvalue weighted by Crippen LogP contribution is 2.43. The Morgan fingerprint density at radius 2 is 0.985 bits per heavy atom. The molecule has 0 spiro atoms. The largest absolute Gasteiger partial charge is 0.472 e. The van der Waals surface area contributed by atoms with Gasteiger partial charge in [0.15, 0.2) is 0 Å². The molecule has 0 aliphatic carbocycles. The van der Waals surface area contributed by atoms with Gasteiger partial charge in [0.05, 0.1) is 33.8 Å². The number of ether oxygens (including phenoxy) is 1. The molecular formula is C55H104N2O7P+. The van der Waals surface area contributed by atoms with Crippen molar-refractivity contribution >= 4 is 19.7 Å². The third-order valence-corrected chi connectivity index (χ3v) is 12.8. The van der Waals surface area contributed by atoms with E-state index in [1.165, 1.54) is 116 Å². The summed E-state index contributed by atoms with van der Waals surface area (Å²) in [6, 6.07) is -0.855. The van der Waals surface area contributed by atoms with Crippen LogP contribution in [0.3, 0.4) is 0 Å². The van der Waals surface area contributed by atoms with Gasteiger partial charge in [0, 0.05) is 12.8 Å². The van der Waals surface area contributed by atoms with Crippen molar-refractivity contribution in [3.63, 3.8) is 0 Å². The minimum absolute atomic E-state index is 0.0360. The van der Waals surface area contributed by atoms with Crippen LogP contribution in [-0.4, -0.2) is 74.3 Å². The number of rotatable bonds is 48. The molecule has 1 amide bonds.